The maximum Gasteiger partial charge on any atom is 0.253 e. The SMILES string of the molecule is CN(C)C(=O)c1ccc(NC(=O)Cc2ccc(Cl)cc2)cc1. The smallest absolute Gasteiger partial charge is 0.253 e. The molecule has 2 rings (SSSR count). The van der Waals surface area contributed by atoms with Crippen LogP contribution in [0.15, 0.2) is 48.5 Å². The van der Waals surface area contributed by atoms with Gasteiger partial charge in [0.2, 0.25) is 5.91 Å². The molecule has 0 bridgehead atoms. The molecule has 1 N–H and O–H groups in total. The molecule has 0 spiro atoms. The van der Waals surface area contributed by atoms with Crippen LogP contribution in [0.4, 0.5) is 5.69 Å². The van der Waals surface area contributed by atoms with E-state index >= 15 is 0 Å². The van der Waals surface area contributed by atoms with Crippen molar-refractivity contribution in [2.24, 2.45) is 0 Å². The fourth-order valence-corrected chi connectivity index (χ4v) is 2.07. The fraction of sp³-hybridized carbons (Fsp3) is 0.176. The second-order valence-electron chi connectivity index (χ2n) is 5.13. The highest BCUT2D eigenvalue weighted by atomic mass is 35.5. The minimum atomic E-state index is -0.117. The Balaban J connectivity index is 1.97. The predicted molar refractivity (Wildman–Crippen MR) is 88.2 cm³/mol. The summed E-state index contributed by atoms with van der Waals surface area (Å²) in [6, 6.07) is 14.0. The standard InChI is InChI=1S/C17H17ClN2O2/c1-20(2)17(22)13-5-9-15(10-6-13)19-16(21)11-12-3-7-14(18)8-4-12/h3-10H,11H2,1-2H3,(H,19,21). The zero-order chi connectivity index (χ0) is 16.1. The number of hydrogen-bond donors (Lipinski definition) is 1. The van der Waals surface area contributed by atoms with Crippen LogP contribution in [0.3, 0.4) is 0 Å². The summed E-state index contributed by atoms with van der Waals surface area (Å²) in [5.74, 6) is -0.187. The summed E-state index contributed by atoms with van der Waals surface area (Å²) in [5.41, 5.74) is 2.14. The Bertz CT molecular complexity index is 664. The molecule has 22 heavy (non-hydrogen) atoms. The Kier molecular flexibility index (Phi) is 5.17. The molecule has 114 valence electrons. The molecule has 5 heteroatoms. The van der Waals surface area contributed by atoms with Gasteiger partial charge < -0.3 is 10.2 Å². The van der Waals surface area contributed by atoms with Crippen LogP contribution in [0.5, 0.6) is 0 Å². The van der Waals surface area contributed by atoms with E-state index < -0.39 is 0 Å². The molecule has 0 aliphatic rings. The van der Waals surface area contributed by atoms with Crippen molar-refractivity contribution in [2.45, 2.75) is 6.42 Å². The van der Waals surface area contributed by atoms with E-state index in [0.717, 1.165) is 5.56 Å². The third-order valence-electron chi connectivity index (χ3n) is 3.10. The van der Waals surface area contributed by atoms with Gasteiger partial charge in [0, 0.05) is 30.4 Å². The first kappa shape index (κ1) is 16.0. The summed E-state index contributed by atoms with van der Waals surface area (Å²) in [7, 11) is 3.40. The predicted octanol–water partition coefficient (Wildman–Crippen LogP) is 3.22. The zero-order valence-electron chi connectivity index (χ0n) is 12.5. The minimum Gasteiger partial charge on any atom is -0.345 e. The van der Waals surface area contributed by atoms with E-state index in [2.05, 4.69) is 5.32 Å². The number of halogens is 1. The molecular formula is C17H17ClN2O2. The lowest BCUT2D eigenvalue weighted by Crippen LogP contribution is -2.21. The van der Waals surface area contributed by atoms with E-state index in [-0.39, 0.29) is 18.2 Å². The number of carbonyl (C=O) groups is 2. The third kappa shape index (κ3) is 4.33. The molecule has 0 unspecified atom stereocenters. The van der Waals surface area contributed by atoms with Gasteiger partial charge in [0.15, 0.2) is 0 Å². The first-order valence-electron chi connectivity index (χ1n) is 6.82. The number of rotatable bonds is 4. The number of anilines is 1. The summed E-state index contributed by atoms with van der Waals surface area (Å²) < 4.78 is 0. The fourth-order valence-electron chi connectivity index (χ4n) is 1.95. The Hall–Kier alpha value is -2.33. The van der Waals surface area contributed by atoms with Crippen molar-refractivity contribution >= 4 is 29.1 Å². The molecule has 0 radical (unpaired) electrons. The zero-order valence-corrected chi connectivity index (χ0v) is 13.2. The van der Waals surface area contributed by atoms with E-state index in [9.17, 15) is 9.59 Å². The number of amides is 2. The van der Waals surface area contributed by atoms with Gasteiger partial charge in [-0.05, 0) is 42.0 Å². The van der Waals surface area contributed by atoms with E-state index in [4.69, 9.17) is 11.6 Å². The van der Waals surface area contributed by atoms with Crippen molar-refractivity contribution < 1.29 is 9.59 Å². The third-order valence-corrected chi connectivity index (χ3v) is 3.35. The van der Waals surface area contributed by atoms with Gasteiger partial charge in [0.05, 0.1) is 6.42 Å². The molecule has 4 nitrogen and oxygen atoms in total. The molecule has 0 saturated carbocycles. The molecule has 0 aliphatic heterocycles. The van der Waals surface area contributed by atoms with Gasteiger partial charge >= 0.3 is 0 Å². The average Bonchev–Trinajstić information content (AvgIpc) is 2.49. The normalized spacial score (nSPS) is 10.1. The maximum atomic E-state index is 12.0. The number of nitrogens with zero attached hydrogens (tertiary/aromatic N) is 1. The van der Waals surface area contributed by atoms with Gasteiger partial charge in [-0.15, -0.1) is 0 Å². The van der Waals surface area contributed by atoms with Gasteiger partial charge in [-0.3, -0.25) is 9.59 Å². The lowest BCUT2D eigenvalue weighted by Gasteiger charge is -2.11. The van der Waals surface area contributed by atoms with Crippen LogP contribution in [0.2, 0.25) is 5.02 Å². The summed E-state index contributed by atoms with van der Waals surface area (Å²) in [6.07, 6.45) is 0.273. The monoisotopic (exact) mass is 316 g/mol. The van der Waals surface area contributed by atoms with Gasteiger partial charge in [-0.25, -0.2) is 0 Å². The van der Waals surface area contributed by atoms with Crippen molar-refractivity contribution in [3.63, 3.8) is 0 Å². The van der Waals surface area contributed by atoms with E-state index in [1.165, 1.54) is 4.90 Å². The average molecular weight is 317 g/mol. The molecule has 0 heterocycles. The highest BCUT2D eigenvalue weighted by Crippen LogP contribution is 2.13. The first-order valence-corrected chi connectivity index (χ1v) is 7.19. The van der Waals surface area contributed by atoms with Crippen LogP contribution < -0.4 is 5.32 Å². The lowest BCUT2D eigenvalue weighted by molar-refractivity contribution is -0.115. The molecule has 2 aromatic carbocycles. The van der Waals surface area contributed by atoms with Crippen LogP contribution in [0.1, 0.15) is 15.9 Å². The number of benzene rings is 2. The van der Waals surface area contributed by atoms with Crippen molar-refractivity contribution in [3.05, 3.63) is 64.7 Å². The Morgan fingerprint density at radius 2 is 1.59 bits per heavy atom. The first-order chi connectivity index (χ1) is 10.5. The Labute approximate surface area is 134 Å². The maximum absolute atomic E-state index is 12.0. The lowest BCUT2D eigenvalue weighted by atomic mass is 10.1. The van der Waals surface area contributed by atoms with Gasteiger partial charge in [0.1, 0.15) is 0 Å². The molecule has 0 fully saturated rings. The summed E-state index contributed by atoms with van der Waals surface area (Å²) in [6.45, 7) is 0. The molecular weight excluding hydrogens is 300 g/mol. The molecule has 2 amide bonds. The highest BCUT2D eigenvalue weighted by molar-refractivity contribution is 6.30. The number of carbonyl (C=O) groups excluding carboxylic acids is 2. The topological polar surface area (TPSA) is 49.4 Å². The van der Waals surface area contributed by atoms with Crippen molar-refractivity contribution in [3.8, 4) is 0 Å². The van der Waals surface area contributed by atoms with Gasteiger partial charge in [-0.1, -0.05) is 23.7 Å². The Morgan fingerprint density at radius 1 is 1.00 bits per heavy atom. The number of hydrogen-bond acceptors (Lipinski definition) is 2. The van der Waals surface area contributed by atoms with Gasteiger partial charge in [0.25, 0.3) is 5.91 Å². The van der Waals surface area contributed by atoms with E-state index in [0.29, 0.717) is 16.3 Å². The van der Waals surface area contributed by atoms with Crippen LogP contribution in [-0.2, 0) is 11.2 Å². The second kappa shape index (κ2) is 7.09. The van der Waals surface area contributed by atoms with E-state index in [1.807, 2.05) is 12.1 Å². The minimum absolute atomic E-state index is 0.0703. The molecule has 0 aliphatic carbocycles. The molecule has 0 atom stereocenters. The molecule has 0 aromatic heterocycles. The van der Waals surface area contributed by atoms with Crippen LogP contribution in [-0.4, -0.2) is 30.8 Å². The van der Waals surface area contributed by atoms with Crippen LogP contribution in [0, 0.1) is 0 Å². The Morgan fingerprint density at radius 3 is 2.14 bits per heavy atom. The van der Waals surface area contributed by atoms with Crippen LogP contribution in [0.25, 0.3) is 0 Å². The molecule has 0 saturated heterocycles. The van der Waals surface area contributed by atoms with E-state index in [1.54, 1.807) is 50.5 Å². The number of nitrogens with one attached hydrogen (secondary N) is 1. The summed E-state index contributed by atoms with van der Waals surface area (Å²) >= 11 is 5.81. The summed E-state index contributed by atoms with van der Waals surface area (Å²) in [4.78, 5) is 25.3. The second-order valence-corrected chi connectivity index (χ2v) is 5.56. The van der Waals surface area contributed by atoms with Crippen molar-refractivity contribution in [1.29, 1.82) is 0 Å². The summed E-state index contributed by atoms with van der Waals surface area (Å²) in [5, 5.41) is 3.45. The van der Waals surface area contributed by atoms with Gasteiger partial charge in [-0.2, -0.15) is 0 Å². The largest absolute Gasteiger partial charge is 0.345 e. The molecule has 2 aromatic rings. The van der Waals surface area contributed by atoms with Crippen LogP contribution >= 0.6 is 11.6 Å². The quantitative estimate of drug-likeness (QED) is 0.941. The highest BCUT2D eigenvalue weighted by Gasteiger charge is 2.08. The van der Waals surface area contributed by atoms with Crippen molar-refractivity contribution in [2.75, 3.05) is 19.4 Å². The van der Waals surface area contributed by atoms with Crippen molar-refractivity contribution in [1.82, 2.24) is 4.90 Å².